The van der Waals surface area contributed by atoms with Crippen LogP contribution in [-0.2, 0) is 25.3 Å². The second kappa shape index (κ2) is 37.5. The van der Waals surface area contributed by atoms with Crippen LogP contribution in [0.1, 0.15) is 54.4 Å². The first kappa shape index (κ1) is 29.3. The molecule has 0 bridgehead atoms. The van der Waals surface area contributed by atoms with Crippen molar-refractivity contribution in [3.8, 4) is 0 Å². The molecule has 0 aromatic carbocycles. The third-order valence-electron chi connectivity index (χ3n) is 0.996. The van der Waals surface area contributed by atoms with E-state index < -0.39 is 0 Å². The molecule has 2 radical (unpaired) electrons. The number of rotatable bonds is 4. The Morgan fingerprint density at radius 1 is 0.769 bits per heavy atom. The third kappa shape index (κ3) is 59.0. The summed E-state index contributed by atoms with van der Waals surface area (Å²) in [7, 11) is 0. The zero-order valence-electron chi connectivity index (χ0n) is 7.56. The van der Waals surface area contributed by atoms with Crippen LogP contribution in [0.4, 0.5) is 0 Å². The van der Waals surface area contributed by atoms with Gasteiger partial charge in [0.25, 0.3) is 0 Å². The minimum absolute atomic E-state index is 0. The summed E-state index contributed by atoms with van der Waals surface area (Å²) in [5, 5.41) is 0. The van der Waals surface area contributed by atoms with Crippen molar-refractivity contribution in [1.29, 1.82) is 0 Å². The minimum Gasteiger partial charge on any atom is -0.793 e. The summed E-state index contributed by atoms with van der Waals surface area (Å²) in [6.07, 6.45) is 4.89. The summed E-state index contributed by atoms with van der Waals surface area (Å²) in [5.41, 5.74) is 0. The first-order valence-corrected chi connectivity index (χ1v) is 5.15. The average molecular weight is 329 g/mol. The first-order valence-electron chi connectivity index (χ1n) is 3.99. The number of hydrogen-bond donors (Lipinski definition) is 0. The van der Waals surface area contributed by atoms with E-state index >= 15 is 0 Å². The second-order valence-corrected chi connectivity index (χ2v) is 2.93. The van der Waals surface area contributed by atoms with Gasteiger partial charge in [0.2, 0.25) is 0 Å². The van der Waals surface area contributed by atoms with E-state index in [1.54, 1.807) is 0 Å². The molecule has 0 unspecified atom stereocenters. The number of unbranched alkanes of at least 4 members (excludes halogenated alkanes) is 2. The Kier molecular flexibility index (Phi) is 84.5. The van der Waals surface area contributed by atoms with Gasteiger partial charge in [-0.15, -0.1) is 0 Å². The molecule has 0 N–H and O–H groups in total. The van der Waals surface area contributed by atoms with E-state index in [1.165, 1.54) is 25.7 Å². The molecule has 0 saturated heterocycles. The van der Waals surface area contributed by atoms with Gasteiger partial charge in [-0.25, -0.2) is 0 Å². The third-order valence-corrected chi connectivity index (χ3v) is 1.57. The topological polar surface area (TPSA) is 0 Å². The zero-order chi connectivity index (χ0) is 8.24. The molecular formula is C10H26S2Sn. The van der Waals surface area contributed by atoms with Gasteiger partial charge in [0, 0.05) is 0 Å². The molecule has 0 heterocycles. The van der Waals surface area contributed by atoms with Gasteiger partial charge in [-0.1, -0.05) is 54.4 Å². The van der Waals surface area contributed by atoms with Crippen molar-refractivity contribution >= 4 is 49.2 Å². The van der Waals surface area contributed by atoms with Crippen molar-refractivity contribution in [3.63, 3.8) is 0 Å². The van der Waals surface area contributed by atoms with Crippen LogP contribution in [0.5, 0.6) is 0 Å². The van der Waals surface area contributed by atoms with Crippen LogP contribution >= 0.6 is 0 Å². The molecule has 0 saturated carbocycles. The van der Waals surface area contributed by atoms with Crippen LogP contribution in [0, 0.1) is 0 Å². The van der Waals surface area contributed by atoms with Crippen LogP contribution in [0.3, 0.4) is 0 Å². The van der Waals surface area contributed by atoms with Crippen molar-refractivity contribution in [3.05, 3.63) is 0 Å². The molecule has 0 spiro atoms. The minimum atomic E-state index is 0. The van der Waals surface area contributed by atoms with E-state index in [0.717, 1.165) is 11.5 Å². The predicted molar refractivity (Wildman–Crippen MR) is 73.5 cm³/mol. The van der Waals surface area contributed by atoms with Crippen LogP contribution in [0.25, 0.3) is 0 Å². The zero-order valence-corrected chi connectivity index (χ0v) is 12.0. The summed E-state index contributed by atoms with van der Waals surface area (Å²) >= 11 is 9.30. The van der Waals surface area contributed by atoms with Crippen molar-refractivity contribution < 1.29 is 0 Å². The maximum atomic E-state index is 4.65. The maximum absolute atomic E-state index is 4.65. The van der Waals surface area contributed by atoms with Gasteiger partial charge in [0.05, 0.1) is 0 Å². The molecule has 0 aliphatic rings. The Hall–Kier alpha value is 1.50. The van der Waals surface area contributed by atoms with Crippen LogP contribution < -0.4 is 0 Å². The Morgan fingerprint density at radius 3 is 1.00 bits per heavy atom. The van der Waals surface area contributed by atoms with Gasteiger partial charge in [0.15, 0.2) is 0 Å². The predicted octanol–water partition coefficient (Wildman–Crippen LogP) is 3.56. The molecule has 0 atom stereocenters. The average Bonchev–Trinajstić information content (AvgIpc) is 1.93. The normalized spacial score (nSPS) is 6.46. The summed E-state index contributed by atoms with van der Waals surface area (Å²) < 4.78 is 0. The van der Waals surface area contributed by atoms with Gasteiger partial charge in [0.1, 0.15) is 0 Å². The summed E-state index contributed by atoms with van der Waals surface area (Å²) in [6.45, 7) is 4.29. The van der Waals surface area contributed by atoms with Crippen LogP contribution in [-0.4, -0.2) is 35.4 Å². The quantitative estimate of drug-likeness (QED) is 0.571. The maximum Gasteiger partial charge on any atom is 2.00 e. The molecule has 0 aromatic rings. The summed E-state index contributed by atoms with van der Waals surface area (Å²) in [5.74, 6) is 1.85. The molecule has 0 nitrogen and oxygen atoms in total. The Bertz CT molecular complexity index is 33.9. The second-order valence-electron chi connectivity index (χ2n) is 2.12. The Balaban J connectivity index is -0.0000000267. The van der Waals surface area contributed by atoms with E-state index in [-0.39, 0.29) is 38.8 Å². The molecule has 0 aliphatic carbocycles. The fourth-order valence-corrected chi connectivity index (χ4v) is 0.866. The van der Waals surface area contributed by atoms with Crippen LogP contribution in [0.15, 0.2) is 0 Å². The Labute approximate surface area is 114 Å². The largest absolute Gasteiger partial charge is 2.00 e. The van der Waals surface area contributed by atoms with Crippen molar-refractivity contribution in [2.75, 3.05) is 11.5 Å². The SMILES string of the molecule is C.C.CCCC[S-].CCCC[S-].[Sn+2]. The van der Waals surface area contributed by atoms with E-state index in [1.807, 2.05) is 0 Å². The van der Waals surface area contributed by atoms with E-state index in [9.17, 15) is 0 Å². The van der Waals surface area contributed by atoms with Gasteiger partial charge in [-0.3, -0.25) is 0 Å². The molecule has 0 aliphatic heterocycles. The van der Waals surface area contributed by atoms with Crippen molar-refractivity contribution in [2.45, 2.75) is 54.4 Å². The molecular weight excluding hydrogens is 303 g/mol. The summed E-state index contributed by atoms with van der Waals surface area (Å²) in [4.78, 5) is 0. The molecule has 0 amide bonds. The molecule has 0 fully saturated rings. The Morgan fingerprint density at radius 2 is 1.00 bits per heavy atom. The van der Waals surface area contributed by atoms with Crippen molar-refractivity contribution in [2.24, 2.45) is 0 Å². The van der Waals surface area contributed by atoms with E-state index in [2.05, 4.69) is 39.1 Å². The van der Waals surface area contributed by atoms with Gasteiger partial charge >= 0.3 is 23.9 Å². The summed E-state index contributed by atoms with van der Waals surface area (Å²) in [6, 6.07) is 0. The van der Waals surface area contributed by atoms with Gasteiger partial charge in [-0.2, -0.15) is 11.5 Å². The molecule has 13 heavy (non-hydrogen) atoms. The monoisotopic (exact) mass is 330 g/mol. The molecule has 0 rings (SSSR count). The van der Waals surface area contributed by atoms with E-state index in [0.29, 0.717) is 0 Å². The molecule has 3 heteroatoms. The number of hydrogen-bond acceptors (Lipinski definition) is 2. The van der Waals surface area contributed by atoms with E-state index in [4.69, 9.17) is 0 Å². The van der Waals surface area contributed by atoms with Gasteiger partial charge < -0.3 is 25.3 Å². The fraction of sp³-hybridized carbons (Fsp3) is 1.00. The fourth-order valence-electron chi connectivity index (χ4n) is 0.289. The van der Waals surface area contributed by atoms with Crippen molar-refractivity contribution in [1.82, 2.24) is 0 Å². The molecule has 82 valence electrons. The van der Waals surface area contributed by atoms with Gasteiger partial charge in [-0.05, 0) is 0 Å². The van der Waals surface area contributed by atoms with Crippen LogP contribution in [0.2, 0.25) is 0 Å². The smallest absolute Gasteiger partial charge is 0.793 e. The first-order chi connectivity index (χ1) is 4.83. The molecule has 0 aromatic heterocycles. The standard InChI is InChI=1S/2C4H10S.2CH4.Sn/c2*1-2-3-4-5;;;/h2*5H,2-4H2,1H3;2*1H4;/q;;;;+2/p-2.